The van der Waals surface area contributed by atoms with Crippen molar-refractivity contribution in [2.75, 3.05) is 13.1 Å². The van der Waals surface area contributed by atoms with E-state index in [1.807, 2.05) is 0 Å². The van der Waals surface area contributed by atoms with Gasteiger partial charge in [-0.1, -0.05) is 17.2 Å². The molecule has 1 aromatic heterocycles. The molecule has 1 atom stereocenters. The molecule has 1 aromatic carbocycles. The van der Waals surface area contributed by atoms with E-state index < -0.39 is 29.5 Å². The SMILES string of the molecule is Cn1cc(C(=O)ON2C(=O)c3ccccc3C2=O)c(C2CCCN(C(=O)OC(C)(C)C)C2)n1. The Hall–Kier alpha value is -3.69. The second-order valence-electron chi connectivity index (χ2n) is 9.20. The number of imide groups is 1. The number of benzene rings is 1. The summed E-state index contributed by atoms with van der Waals surface area (Å²) in [5, 5.41) is 4.91. The van der Waals surface area contributed by atoms with Crippen molar-refractivity contribution in [3.63, 3.8) is 0 Å². The van der Waals surface area contributed by atoms with E-state index in [0.717, 1.165) is 0 Å². The van der Waals surface area contributed by atoms with Crippen LogP contribution in [0.5, 0.6) is 0 Å². The van der Waals surface area contributed by atoms with Crippen LogP contribution in [-0.4, -0.2) is 62.3 Å². The van der Waals surface area contributed by atoms with Gasteiger partial charge < -0.3 is 14.5 Å². The molecule has 0 N–H and O–H groups in total. The van der Waals surface area contributed by atoms with Crippen molar-refractivity contribution in [3.05, 3.63) is 52.8 Å². The van der Waals surface area contributed by atoms with Crippen molar-refractivity contribution < 1.29 is 28.8 Å². The lowest BCUT2D eigenvalue weighted by Gasteiger charge is -2.33. The number of piperidine rings is 1. The Balaban J connectivity index is 1.52. The molecule has 0 radical (unpaired) electrons. The molecule has 0 bridgehead atoms. The molecule has 1 unspecified atom stereocenters. The number of hydrogen-bond acceptors (Lipinski definition) is 7. The van der Waals surface area contributed by atoms with E-state index in [9.17, 15) is 19.2 Å². The lowest BCUT2D eigenvalue weighted by Crippen LogP contribution is -2.42. The summed E-state index contributed by atoms with van der Waals surface area (Å²) in [4.78, 5) is 57.4. The van der Waals surface area contributed by atoms with Gasteiger partial charge in [-0.25, -0.2) is 9.59 Å². The zero-order valence-corrected chi connectivity index (χ0v) is 19.0. The van der Waals surface area contributed by atoms with E-state index in [4.69, 9.17) is 9.57 Å². The van der Waals surface area contributed by atoms with Crippen LogP contribution in [0.15, 0.2) is 30.5 Å². The summed E-state index contributed by atoms with van der Waals surface area (Å²) in [5.41, 5.74) is 0.345. The molecule has 33 heavy (non-hydrogen) atoms. The summed E-state index contributed by atoms with van der Waals surface area (Å²) in [7, 11) is 1.66. The first kappa shape index (κ1) is 22.5. The van der Waals surface area contributed by atoms with Crippen molar-refractivity contribution in [2.45, 2.75) is 45.1 Å². The summed E-state index contributed by atoms with van der Waals surface area (Å²) in [6.07, 6.45) is 2.50. The second-order valence-corrected chi connectivity index (χ2v) is 9.20. The molecule has 0 saturated carbocycles. The van der Waals surface area contributed by atoms with Gasteiger partial charge in [0.15, 0.2) is 0 Å². The molecule has 10 heteroatoms. The van der Waals surface area contributed by atoms with Crippen LogP contribution in [0.4, 0.5) is 4.79 Å². The van der Waals surface area contributed by atoms with Crippen molar-refractivity contribution >= 4 is 23.9 Å². The van der Waals surface area contributed by atoms with Gasteiger partial charge in [0.25, 0.3) is 11.8 Å². The number of likely N-dealkylation sites (tertiary alicyclic amines) is 1. The lowest BCUT2D eigenvalue weighted by atomic mass is 9.93. The Morgan fingerprint density at radius 3 is 2.33 bits per heavy atom. The molecule has 10 nitrogen and oxygen atoms in total. The number of aromatic nitrogens is 2. The van der Waals surface area contributed by atoms with Crippen LogP contribution in [0.2, 0.25) is 0 Å². The number of hydrogen-bond donors (Lipinski definition) is 0. The van der Waals surface area contributed by atoms with Crippen LogP contribution in [0.3, 0.4) is 0 Å². The second kappa shape index (κ2) is 8.34. The number of aryl methyl sites for hydroxylation is 1. The van der Waals surface area contributed by atoms with E-state index in [1.54, 1.807) is 44.9 Å². The van der Waals surface area contributed by atoms with Gasteiger partial charge in [-0.05, 0) is 45.7 Å². The molecule has 2 aromatic rings. The summed E-state index contributed by atoms with van der Waals surface area (Å²) < 4.78 is 6.95. The highest BCUT2D eigenvalue weighted by molar-refractivity contribution is 6.21. The number of fused-ring (bicyclic) bond motifs is 1. The topological polar surface area (TPSA) is 111 Å². The molecule has 174 valence electrons. The first-order valence-corrected chi connectivity index (χ1v) is 10.8. The van der Waals surface area contributed by atoms with Crippen LogP contribution in [-0.2, 0) is 16.6 Å². The van der Waals surface area contributed by atoms with Gasteiger partial charge in [-0.15, -0.1) is 0 Å². The number of rotatable bonds is 3. The van der Waals surface area contributed by atoms with Crippen molar-refractivity contribution in [3.8, 4) is 0 Å². The number of amides is 3. The summed E-state index contributed by atoms with van der Waals surface area (Å²) in [6, 6.07) is 6.28. The average molecular weight is 454 g/mol. The van der Waals surface area contributed by atoms with E-state index in [0.29, 0.717) is 36.7 Å². The van der Waals surface area contributed by atoms with Gasteiger partial charge in [-0.2, -0.15) is 5.10 Å². The van der Waals surface area contributed by atoms with Gasteiger partial charge >= 0.3 is 12.1 Å². The minimum atomic E-state index is -0.859. The third-order valence-corrected chi connectivity index (χ3v) is 5.47. The molecule has 4 rings (SSSR count). The van der Waals surface area contributed by atoms with E-state index in [2.05, 4.69) is 5.10 Å². The molecule has 0 aliphatic carbocycles. The van der Waals surface area contributed by atoms with Crippen LogP contribution in [0.25, 0.3) is 0 Å². The van der Waals surface area contributed by atoms with Crippen LogP contribution in [0, 0.1) is 0 Å². The summed E-state index contributed by atoms with van der Waals surface area (Å²) >= 11 is 0. The van der Waals surface area contributed by atoms with Gasteiger partial charge in [0, 0.05) is 32.3 Å². The highest BCUT2D eigenvalue weighted by Gasteiger charge is 2.40. The molecule has 0 spiro atoms. The van der Waals surface area contributed by atoms with Crippen molar-refractivity contribution in [1.29, 1.82) is 0 Å². The molecule has 3 heterocycles. The summed E-state index contributed by atoms with van der Waals surface area (Å²) in [6.45, 7) is 6.29. The van der Waals surface area contributed by atoms with Crippen LogP contribution in [0.1, 0.15) is 76.3 Å². The fourth-order valence-electron chi connectivity index (χ4n) is 4.04. The number of hydroxylamine groups is 2. The Bertz CT molecular complexity index is 1100. The molecule has 2 aliphatic heterocycles. The molecular formula is C23H26N4O6. The third kappa shape index (κ3) is 4.46. The zero-order valence-electron chi connectivity index (χ0n) is 19.0. The minimum Gasteiger partial charge on any atom is -0.444 e. The Kier molecular flexibility index (Phi) is 5.69. The third-order valence-electron chi connectivity index (χ3n) is 5.47. The largest absolute Gasteiger partial charge is 0.444 e. The average Bonchev–Trinajstić information content (AvgIpc) is 3.27. The molecule has 2 aliphatic rings. The smallest absolute Gasteiger partial charge is 0.410 e. The highest BCUT2D eigenvalue weighted by atomic mass is 16.7. The zero-order chi connectivity index (χ0) is 23.9. The molecular weight excluding hydrogens is 428 g/mol. The van der Waals surface area contributed by atoms with E-state index in [-0.39, 0.29) is 22.6 Å². The number of ether oxygens (including phenoxy) is 1. The molecule has 3 amide bonds. The first-order chi connectivity index (χ1) is 15.5. The number of nitrogens with zero attached hydrogens (tertiary/aromatic N) is 4. The molecule has 1 fully saturated rings. The summed E-state index contributed by atoms with van der Waals surface area (Å²) in [5.74, 6) is -2.47. The van der Waals surface area contributed by atoms with Gasteiger partial charge in [0.1, 0.15) is 11.2 Å². The number of carbonyl (C=O) groups excluding carboxylic acids is 4. The van der Waals surface area contributed by atoms with Gasteiger partial charge in [0.2, 0.25) is 0 Å². The van der Waals surface area contributed by atoms with Crippen molar-refractivity contribution in [2.24, 2.45) is 7.05 Å². The number of carbonyl (C=O) groups is 4. The Morgan fingerprint density at radius 2 is 1.73 bits per heavy atom. The fourth-order valence-corrected chi connectivity index (χ4v) is 4.04. The Labute approximate surface area is 191 Å². The van der Waals surface area contributed by atoms with Crippen LogP contribution >= 0.6 is 0 Å². The predicted octanol–water partition coefficient (Wildman–Crippen LogP) is 2.90. The maximum Gasteiger partial charge on any atom is 0.410 e. The maximum atomic E-state index is 13.0. The lowest BCUT2D eigenvalue weighted by molar-refractivity contribution is -0.0585. The maximum absolute atomic E-state index is 13.0. The van der Waals surface area contributed by atoms with E-state index >= 15 is 0 Å². The quantitative estimate of drug-likeness (QED) is 0.656. The van der Waals surface area contributed by atoms with Crippen molar-refractivity contribution in [1.82, 2.24) is 19.7 Å². The highest BCUT2D eigenvalue weighted by Crippen LogP contribution is 2.30. The van der Waals surface area contributed by atoms with Gasteiger partial charge in [0.05, 0.1) is 16.8 Å². The standard InChI is InChI=1S/C23H26N4O6/c1-23(2,3)32-22(31)26-11-7-8-14(12-26)18-17(13-25(4)24-18)21(30)33-27-19(28)15-9-5-6-10-16(15)20(27)29/h5-6,9-10,13-14H,7-8,11-12H2,1-4H3. The van der Waals surface area contributed by atoms with E-state index in [1.165, 1.54) is 23.0 Å². The Morgan fingerprint density at radius 1 is 1.09 bits per heavy atom. The fraction of sp³-hybridized carbons (Fsp3) is 0.435. The first-order valence-electron chi connectivity index (χ1n) is 10.8. The minimum absolute atomic E-state index is 0.144. The molecule has 1 saturated heterocycles. The van der Waals surface area contributed by atoms with Gasteiger partial charge in [-0.3, -0.25) is 14.3 Å². The van der Waals surface area contributed by atoms with Crippen LogP contribution < -0.4 is 0 Å². The monoisotopic (exact) mass is 454 g/mol. The normalized spacial score (nSPS) is 18.4. The predicted molar refractivity (Wildman–Crippen MR) is 115 cm³/mol.